The van der Waals surface area contributed by atoms with Crippen LogP contribution in [0.4, 0.5) is 11.4 Å². The largest absolute Gasteiger partial charge is 0.333 e. The summed E-state index contributed by atoms with van der Waals surface area (Å²) < 4.78 is 0. The second kappa shape index (κ2) is 6.87. The number of rotatable bonds is 5. The molecule has 1 aromatic heterocycles. The fraction of sp³-hybridized carbons (Fsp3) is 0.0714. The Hall–Kier alpha value is -2.36. The van der Waals surface area contributed by atoms with Gasteiger partial charge < -0.3 is 4.98 Å². The third-order valence-corrected chi connectivity index (χ3v) is 4.75. The van der Waals surface area contributed by atoms with E-state index in [-0.39, 0.29) is 17.1 Å². The molecule has 0 spiro atoms. The maximum absolute atomic E-state index is 11.1. The van der Waals surface area contributed by atoms with Gasteiger partial charge in [0.15, 0.2) is 5.16 Å². The molecule has 0 saturated carbocycles. The Morgan fingerprint density at radius 3 is 2.56 bits per heavy atom. The van der Waals surface area contributed by atoms with Crippen molar-refractivity contribution in [3.05, 3.63) is 66.2 Å². The van der Waals surface area contributed by atoms with Crippen molar-refractivity contribution < 1.29 is 9.85 Å². The quantitative estimate of drug-likeness (QED) is 0.368. The maximum atomic E-state index is 11.1. The van der Waals surface area contributed by atoms with Crippen LogP contribution in [0.1, 0.15) is 5.56 Å². The highest BCUT2D eigenvalue weighted by Crippen LogP contribution is 2.32. The van der Waals surface area contributed by atoms with E-state index in [4.69, 9.17) is 23.2 Å². The molecule has 0 saturated heterocycles. The van der Waals surface area contributed by atoms with Gasteiger partial charge in [0, 0.05) is 22.4 Å². The number of aromatic amines is 1. The minimum atomic E-state index is -0.672. The molecule has 8 nitrogen and oxygen atoms in total. The highest BCUT2D eigenvalue weighted by molar-refractivity contribution is 7.98. The first-order valence-corrected chi connectivity index (χ1v) is 8.48. The van der Waals surface area contributed by atoms with Crippen molar-refractivity contribution in [3.63, 3.8) is 0 Å². The van der Waals surface area contributed by atoms with Crippen molar-refractivity contribution in [1.82, 2.24) is 9.97 Å². The van der Waals surface area contributed by atoms with Crippen molar-refractivity contribution in [2.24, 2.45) is 0 Å². The van der Waals surface area contributed by atoms with Crippen LogP contribution in [-0.2, 0) is 5.75 Å². The van der Waals surface area contributed by atoms with Crippen LogP contribution < -0.4 is 0 Å². The SMILES string of the molecule is O=[N+]([O-])c1ccc(CSc2nc3c(Cl)cc(Cl)cc3[nH]2)c([N+](=O)[O-])c1. The molecule has 0 aliphatic carbocycles. The Balaban J connectivity index is 1.87. The molecule has 11 heteroatoms. The molecule has 3 rings (SSSR count). The Labute approximate surface area is 154 Å². The third-order valence-electron chi connectivity index (χ3n) is 3.32. The van der Waals surface area contributed by atoms with E-state index in [0.717, 1.165) is 6.07 Å². The van der Waals surface area contributed by atoms with Gasteiger partial charge in [-0.05, 0) is 18.2 Å². The van der Waals surface area contributed by atoms with Crippen LogP contribution in [0, 0.1) is 20.2 Å². The van der Waals surface area contributed by atoms with Gasteiger partial charge in [-0.3, -0.25) is 20.2 Å². The molecule has 3 aromatic rings. The summed E-state index contributed by atoms with van der Waals surface area (Å²) in [5, 5.41) is 23.3. The van der Waals surface area contributed by atoms with Crippen LogP contribution in [0.5, 0.6) is 0 Å². The number of hydrogen-bond donors (Lipinski definition) is 1. The van der Waals surface area contributed by atoms with Gasteiger partial charge in [0.1, 0.15) is 5.52 Å². The highest BCUT2D eigenvalue weighted by atomic mass is 35.5. The third kappa shape index (κ3) is 3.68. The average Bonchev–Trinajstić information content (AvgIpc) is 2.95. The van der Waals surface area contributed by atoms with Gasteiger partial charge in [-0.2, -0.15) is 0 Å². The molecule has 0 unspecified atom stereocenters. The molecule has 0 fully saturated rings. The summed E-state index contributed by atoms with van der Waals surface area (Å²) in [6, 6.07) is 6.80. The number of non-ortho nitro benzene ring substituents is 1. The Morgan fingerprint density at radius 1 is 1.12 bits per heavy atom. The first kappa shape index (κ1) is 17.5. The van der Waals surface area contributed by atoms with E-state index in [0.29, 0.717) is 31.8 Å². The van der Waals surface area contributed by atoms with Crippen molar-refractivity contribution in [2.45, 2.75) is 10.9 Å². The van der Waals surface area contributed by atoms with Gasteiger partial charge in [-0.1, -0.05) is 35.0 Å². The maximum Gasteiger partial charge on any atom is 0.280 e. The normalized spacial score (nSPS) is 11.0. The zero-order valence-corrected chi connectivity index (χ0v) is 14.6. The Morgan fingerprint density at radius 2 is 1.88 bits per heavy atom. The van der Waals surface area contributed by atoms with E-state index < -0.39 is 9.85 Å². The summed E-state index contributed by atoms with van der Waals surface area (Å²) in [7, 11) is 0. The molecule has 0 radical (unpaired) electrons. The van der Waals surface area contributed by atoms with E-state index in [2.05, 4.69) is 9.97 Å². The number of fused-ring (bicyclic) bond motifs is 1. The molecule has 0 aliphatic heterocycles. The van der Waals surface area contributed by atoms with Crippen LogP contribution in [0.2, 0.25) is 10.0 Å². The monoisotopic (exact) mass is 398 g/mol. The van der Waals surface area contributed by atoms with Crippen LogP contribution in [0.15, 0.2) is 35.5 Å². The second-order valence-corrected chi connectivity index (χ2v) is 6.75. The van der Waals surface area contributed by atoms with E-state index in [9.17, 15) is 20.2 Å². The molecular weight excluding hydrogens is 391 g/mol. The van der Waals surface area contributed by atoms with E-state index >= 15 is 0 Å². The van der Waals surface area contributed by atoms with Crippen molar-refractivity contribution in [3.8, 4) is 0 Å². The fourth-order valence-electron chi connectivity index (χ4n) is 2.19. The molecule has 1 heterocycles. The van der Waals surface area contributed by atoms with Crippen LogP contribution in [-0.4, -0.2) is 19.8 Å². The van der Waals surface area contributed by atoms with Crippen LogP contribution in [0.25, 0.3) is 11.0 Å². The number of nitro benzene ring substituents is 2. The van der Waals surface area contributed by atoms with Crippen molar-refractivity contribution >= 4 is 57.4 Å². The van der Waals surface area contributed by atoms with Gasteiger partial charge in [-0.25, -0.2) is 4.98 Å². The van der Waals surface area contributed by atoms with Crippen molar-refractivity contribution in [2.75, 3.05) is 0 Å². The first-order valence-electron chi connectivity index (χ1n) is 6.74. The predicted octanol–water partition coefficient (Wildman–Crippen LogP) is 4.98. The molecule has 0 amide bonds. The number of H-pyrrole nitrogens is 1. The van der Waals surface area contributed by atoms with E-state index in [1.54, 1.807) is 12.1 Å². The fourth-order valence-corrected chi connectivity index (χ4v) is 3.60. The zero-order valence-electron chi connectivity index (χ0n) is 12.2. The minimum Gasteiger partial charge on any atom is -0.333 e. The number of imidazole rings is 1. The van der Waals surface area contributed by atoms with Gasteiger partial charge in [0.25, 0.3) is 11.4 Å². The standard InChI is InChI=1S/C14H8Cl2N4O4S/c15-8-3-10(16)13-11(4-8)17-14(18-13)25-6-7-1-2-9(19(21)22)5-12(7)20(23)24/h1-5H,6H2,(H,17,18). The number of halogens is 2. The summed E-state index contributed by atoms with van der Waals surface area (Å²) in [6.45, 7) is 0. The predicted molar refractivity (Wildman–Crippen MR) is 95.4 cm³/mol. The van der Waals surface area contributed by atoms with Gasteiger partial charge in [0.05, 0.1) is 26.5 Å². The van der Waals surface area contributed by atoms with Crippen molar-refractivity contribution in [1.29, 1.82) is 0 Å². The number of thioether (sulfide) groups is 1. The summed E-state index contributed by atoms with van der Waals surface area (Å²) in [5.41, 5.74) is 0.916. The Kier molecular flexibility index (Phi) is 4.80. The zero-order chi connectivity index (χ0) is 18.1. The molecule has 2 aromatic carbocycles. The number of hydrogen-bond acceptors (Lipinski definition) is 6. The molecular formula is C14H8Cl2N4O4S. The molecule has 0 atom stereocenters. The molecule has 128 valence electrons. The number of nitro groups is 2. The number of aromatic nitrogens is 2. The first-order chi connectivity index (χ1) is 11.8. The smallest absolute Gasteiger partial charge is 0.280 e. The molecule has 0 bridgehead atoms. The number of nitrogens with one attached hydrogen (secondary N) is 1. The lowest BCUT2D eigenvalue weighted by molar-refractivity contribution is -0.394. The lowest BCUT2D eigenvalue weighted by Crippen LogP contribution is -1.97. The molecule has 1 N–H and O–H groups in total. The Bertz CT molecular complexity index is 1010. The average molecular weight is 399 g/mol. The van der Waals surface area contributed by atoms with Crippen LogP contribution >= 0.6 is 35.0 Å². The van der Waals surface area contributed by atoms with Crippen LogP contribution in [0.3, 0.4) is 0 Å². The minimum absolute atomic E-state index is 0.208. The highest BCUT2D eigenvalue weighted by Gasteiger charge is 2.20. The van der Waals surface area contributed by atoms with E-state index in [1.165, 1.54) is 23.9 Å². The van der Waals surface area contributed by atoms with Gasteiger partial charge in [0.2, 0.25) is 0 Å². The number of nitrogens with zero attached hydrogens (tertiary/aromatic N) is 3. The number of benzene rings is 2. The topological polar surface area (TPSA) is 115 Å². The van der Waals surface area contributed by atoms with Gasteiger partial charge >= 0.3 is 0 Å². The lowest BCUT2D eigenvalue weighted by Gasteiger charge is -2.01. The summed E-state index contributed by atoms with van der Waals surface area (Å²) in [6.07, 6.45) is 0. The summed E-state index contributed by atoms with van der Waals surface area (Å²) >= 11 is 13.2. The molecule has 0 aliphatic rings. The molecule has 25 heavy (non-hydrogen) atoms. The van der Waals surface area contributed by atoms with E-state index in [1.807, 2.05) is 0 Å². The summed E-state index contributed by atoms with van der Waals surface area (Å²) in [5.74, 6) is 0.208. The van der Waals surface area contributed by atoms with Gasteiger partial charge in [-0.15, -0.1) is 0 Å². The second-order valence-electron chi connectivity index (χ2n) is 4.94. The lowest BCUT2D eigenvalue weighted by atomic mass is 10.2. The summed E-state index contributed by atoms with van der Waals surface area (Å²) in [4.78, 5) is 28.0.